The number of phenols is 1. The van der Waals surface area contributed by atoms with Crippen LogP contribution in [0.1, 0.15) is 84.9 Å². The van der Waals surface area contributed by atoms with Crippen LogP contribution in [0.5, 0.6) is 5.75 Å². The van der Waals surface area contributed by atoms with E-state index < -0.39 is 114 Å². The number of aromatic hydroxyl groups is 1. The lowest BCUT2D eigenvalue weighted by Crippen LogP contribution is -2.61. The molecule has 7 amide bonds. The molecule has 3 aromatic rings. The highest BCUT2D eigenvalue weighted by atomic mass is 16.4. The lowest BCUT2D eigenvalue weighted by Gasteiger charge is -2.29. The number of benzene rings is 3. The zero-order valence-electron chi connectivity index (χ0n) is 41.9. The van der Waals surface area contributed by atoms with Crippen LogP contribution in [0.3, 0.4) is 0 Å². The topological polar surface area (TPSA) is 307 Å². The van der Waals surface area contributed by atoms with Crippen molar-refractivity contribution < 1.29 is 53.7 Å². The van der Waals surface area contributed by atoms with E-state index in [0.29, 0.717) is 11.1 Å². The highest BCUT2D eigenvalue weighted by molar-refractivity contribution is 5.98. The molecule has 0 aliphatic carbocycles. The number of hydrogen-bond donors (Lipinski definition) is 11. The van der Waals surface area contributed by atoms with Crippen LogP contribution in [0, 0.1) is 23.7 Å². The number of carbonyl (C=O) groups excluding carboxylic acids is 7. The van der Waals surface area contributed by atoms with Crippen molar-refractivity contribution in [2.45, 2.75) is 136 Å². The Bertz CT molecular complexity index is 2220. The van der Waals surface area contributed by atoms with Crippen molar-refractivity contribution in [1.29, 1.82) is 0 Å². The molecular weight excluding hydrogens is 913 g/mol. The summed E-state index contributed by atoms with van der Waals surface area (Å²) in [6, 6.07) is 13.5. The van der Waals surface area contributed by atoms with Gasteiger partial charge in [0.05, 0.1) is 12.6 Å². The van der Waals surface area contributed by atoms with Gasteiger partial charge in [-0.3, -0.25) is 33.6 Å². The molecule has 0 heterocycles. The molecule has 3 rings (SSSR count). The van der Waals surface area contributed by atoms with Crippen LogP contribution in [0.4, 0.5) is 0 Å². The van der Waals surface area contributed by atoms with Gasteiger partial charge in [-0.25, -0.2) is 4.79 Å². The van der Waals surface area contributed by atoms with Crippen molar-refractivity contribution in [3.8, 4) is 5.75 Å². The van der Waals surface area contributed by atoms with Gasteiger partial charge >= 0.3 is 5.97 Å². The molecule has 0 radical (unpaired) electrons. The van der Waals surface area contributed by atoms with Crippen LogP contribution in [-0.4, -0.2) is 118 Å². The number of aliphatic hydroxyl groups excluding tert-OH is 1. The number of nitrogens with two attached hydrogens (primary N) is 1. The summed E-state index contributed by atoms with van der Waals surface area (Å²) in [4.78, 5) is 109. The van der Waals surface area contributed by atoms with Crippen LogP contribution >= 0.6 is 0 Å². The van der Waals surface area contributed by atoms with Gasteiger partial charge in [-0.2, -0.15) is 0 Å². The van der Waals surface area contributed by atoms with Gasteiger partial charge < -0.3 is 58.3 Å². The van der Waals surface area contributed by atoms with Crippen molar-refractivity contribution in [3.05, 3.63) is 102 Å². The Labute approximate surface area is 416 Å². The molecule has 0 saturated heterocycles. The zero-order valence-corrected chi connectivity index (χ0v) is 41.9. The molecule has 0 saturated carbocycles. The summed E-state index contributed by atoms with van der Waals surface area (Å²) in [6.07, 6.45) is 0.212. The van der Waals surface area contributed by atoms with Crippen LogP contribution in [0.15, 0.2) is 84.9 Å². The predicted molar refractivity (Wildman–Crippen MR) is 267 cm³/mol. The number of amides is 7. The second kappa shape index (κ2) is 28.7. The van der Waals surface area contributed by atoms with Gasteiger partial charge in [0, 0.05) is 12.8 Å². The summed E-state index contributed by atoms with van der Waals surface area (Å²) < 4.78 is 0. The molecule has 71 heavy (non-hydrogen) atoms. The first-order valence-corrected chi connectivity index (χ1v) is 24.1. The number of hydrogen-bond acceptors (Lipinski definition) is 11. The highest BCUT2D eigenvalue weighted by Gasteiger charge is 2.36. The minimum absolute atomic E-state index is 0.0348. The van der Waals surface area contributed by atoms with Gasteiger partial charge in [-0.15, -0.1) is 0 Å². The number of aliphatic hydroxyl groups is 1. The predicted octanol–water partition coefficient (Wildman–Crippen LogP) is 1.62. The molecule has 388 valence electrons. The number of carboxylic acid groups (broad SMARTS) is 1. The summed E-state index contributed by atoms with van der Waals surface area (Å²) >= 11 is 0. The molecule has 8 atom stereocenters. The highest BCUT2D eigenvalue weighted by Crippen LogP contribution is 2.15. The van der Waals surface area contributed by atoms with E-state index in [1.807, 2.05) is 58.0 Å². The molecule has 19 heteroatoms. The van der Waals surface area contributed by atoms with Crippen molar-refractivity contribution in [1.82, 2.24) is 37.2 Å². The summed E-state index contributed by atoms with van der Waals surface area (Å²) in [5.41, 5.74) is 8.15. The van der Waals surface area contributed by atoms with Crippen LogP contribution in [0.25, 0.3) is 0 Å². The maximum Gasteiger partial charge on any atom is 0.326 e. The molecular formula is C52H74N8O11. The molecule has 0 aliphatic heterocycles. The normalized spacial score (nSPS) is 14.7. The van der Waals surface area contributed by atoms with E-state index in [4.69, 9.17) is 5.73 Å². The lowest BCUT2D eigenvalue weighted by molar-refractivity contribution is -0.144. The Morgan fingerprint density at radius 3 is 1.21 bits per heavy atom. The van der Waals surface area contributed by atoms with E-state index in [1.165, 1.54) is 24.3 Å². The number of rotatable bonds is 28. The Hall–Kier alpha value is -6.86. The smallest absolute Gasteiger partial charge is 0.326 e. The van der Waals surface area contributed by atoms with Crippen molar-refractivity contribution in [3.63, 3.8) is 0 Å². The van der Waals surface area contributed by atoms with Gasteiger partial charge in [0.2, 0.25) is 41.4 Å². The standard InChI is InChI=1S/C52H74N8O11/c1-29(2)23-38(54-45(63)37(53)25-33-15-11-9-12-16-33)47(65)58-42(28-61)50(68)57-40(27-35-19-21-36(62)22-20-35)48(66)55-39(24-30(3)4)46(64)56-41(26-34-17-13-10-14-18-34)49(67)59-43(31(5)6)51(69)60-44(32(7)8)52(70)71/h9-22,29-32,37-44,61-62H,23-28,53H2,1-8H3,(H,54,63)(H,55,66)(H,56,64)(H,57,68)(H,58,65)(H,59,67)(H,60,69)(H,70,71)/t37-,38-,39-,40-,41-,42-,43-,44-/m0/s1. The van der Waals surface area contributed by atoms with E-state index in [1.54, 1.807) is 58.0 Å². The molecule has 12 N–H and O–H groups in total. The number of carbonyl (C=O) groups is 8. The average molecular weight is 987 g/mol. The van der Waals surface area contributed by atoms with E-state index in [-0.39, 0.29) is 49.7 Å². The number of nitrogens with one attached hydrogen (secondary N) is 7. The third-order valence-corrected chi connectivity index (χ3v) is 11.5. The van der Waals surface area contributed by atoms with Gasteiger partial charge in [-0.1, -0.05) is 128 Å². The molecule has 3 aromatic carbocycles. The Morgan fingerprint density at radius 1 is 0.437 bits per heavy atom. The minimum Gasteiger partial charge on any atom is -0.508 e. The summed E-state index contributed by atoms with van der Waals surface area (Å²) in [6.45, 7) is 13.0. The molecule has 0 aliphatic rings. The second-order valence-electron chi connectivity index (χ2n) is 19.4. The molecule has 0 aromatic heterocycles. The first-order chi connectivity index (χ1) is 33.5. The fourth-order valence-corrected chi connectivity index (χ4v) is 7.61. The Kier molecular flexibility index (Phi) is 23.6. The largest absolute Gasteiger partial charge is 0.508 e. The van der Waals surface area contributed by atoms with Crippen LogP contribution in [0.2, 0.25) is 0 Å². The SMILES string of the molecule is CC(C)C[C@H](NC(=O)[C@H](Cc1ccc(O)cc1)NC(=O)[C@H](CO)NC(=O)[C@H](CC(C)C)NC(=O)[C@@H](N)Cc1ccccc1)C(=O)N[C@@H](Cc1ccccc1)C(=O)N[C@H](C(=O)N[C@H](C(=O)O)C(C)C)C(C)C. The van der Waals surface area contributed by atoms with E-state index >= 15 is 0 Å². The summed E-state index contributed by atoms with van der Waals surface area (Å²) in [5.74, 6) is -8.00. The average Bonchev–Trinajstić information content (AvgIpc) is 3.31. The number of carboxylic acids is 1. The third-order valence-electron chi connectivity index (χ3n) is 11.5. The molecule has 0 fully saturated rings. The first-order valence-electron chi connectivity index (χ1n) is 24.1. The van der Waals surface area contributed by atoms with E-state index in [2.05, 4.69) is 37.2 Å². The van der Waals surface area contributed by atoms with Gasteiger partial charge in [-0.05, 0) is 71.8 Å². The number of phenolic OH excluding ortho intramolecular Hbond substituents is 1. The third kappa shape index (κ3) is 19.8. The van der Waals surface area contributed by atoms with Crippen molar-refractivity contribution in [2.75, 3.05) is 6.61 Å². The molecule has 0 spiro atoms. The maximum absolute atomic E-state index is 14.4. The minimum atomic E-state index is -1.61. The van der Waals surface area contributed by atoms with Gasteiger partial charge in [0.15, 0.2) is 0 Å². The lowest BCUT2D eigenvalue weighted by atomic mass is 9.98. The summed E-state index contributed by atoms with van der Waals surface area (Å²) in [5, 5.41) is 48.5. The van der Waals surface area contributed by atoms with Crippen LogP contribution in [-0.2, 0) is 57.6 Å². The number of aliphatic carboxylic acids is 1. The molecule has 0 bridgehead atoms. The second-order valence-corrected chi connectivity index (χ2v) is 19.4. The van der Waals surface area contributed by atoms with Gasteiger partial charge in [0.1, 0.15) is 48.0 Å². The fourth-order valence-electron chi connectivity index (χ4n) is 7.61. The Morgan fingerprint density at radius 2 is 0.789 bits per heavy atom. The van der Waals surface area contributed by atoms with E-state index in [0.717, 1.165) is 5.56 Å². The van der Waals surface area contributed by atoms with Crippen LogP contribution < -0.4 is 43.0 Å². The quantitative estimate of drug-likeness (QED) is 0.0495. The van der Waals surface area contributed by atoms with Crippen molar-refractivity contribution in [2.24, 2.45) is 29.4 Å². The zero-order chi connectivity index (χ0) is 52.9. The first kappa shape index (κ1) is 58.5. The summed E-state index contributed by atoms with van der Waals surface area (Å²) in [7, 11) is 0. The Balaban J connectivity index is 1.89. The fraction of sp³-hybridized carbons (Fsp3) is 0.500. The molecule has 19 nitrogen and oxygen atoms in total. The maximum atomic E-state index is 14.4. The monoisotopic (exact) mass is 987 g/mol. The van der Waals surface area contributed by atoms with Gasteiger partial charge in [0.25, 0.3) is 0 Å². The van der Waals surface area contributed by atoms with E-state index in [9.17, 15) is 53.7 Å². The van der Waals surface area contributed by atoms with Crippen molar-refractivity contribution >= 4 is 47.3 Å². The molecule has 0 unspecified atom stereocenters.